The molecule has 1 atom stereocenters. The Balaban J connectivity index is 1.56. The average molecular weight is 393 g/mol. The molecule has 1 aromatic heterocycles. The smallest absolute Gasteiger partial charge is 0.199 e. The lowest BCUT2D eigenvalue weighted by molar-refractivity contribution is 0.145. The molecule has 2 aromatic rings. The highest BCUT2D eigenvalue weighted by atomic mass is 32.2. The van der Waals surface area contributed by atoms with Crippen molar-refractivity contribution in [2.24, 2.45) is 0 Å². The quantitative estimate of drug-likeness (QED) is 0.707. The van der Waals surface area contributed by atoms with Crippen LogP contribution in [0.5, 0.6) is 0 Å². The topological polar surface area (TPSA) is 60.1 Å². The van der Waals surface area contributed by atoms with Gasteiger partial charge < -0.3 is 0 Å². The van der Waals surface area contributed by atoms with E-state index in [1.54, 1.807) is 0 Å². The van der Waals surface area contributed by atoms with Crippen LogP contribution < -0.4 is 0 Å². The molecule has 4 rings (SSSR count). The minimum Gasteiger partial charge on any atom is -0.300 e. The Hall–Kier alpha value is -1.51. The highest BCUT2D eigenvalue weighted by Crippen LogP contribution is 2.32. The third kappa shape index (κ3) is 3.77. The molecule has 26 heavy (non-hydrogen) atoms. The molecular formula is C18H24N4O2S2. The second-order valence-corrected chi connectivity index (χ2v) is 9.94. The summed E-state index contributed by atoms with van der Waals surface area (Å²) in [5, 5.41) is 4.65. The van der Waals surface area contributed by atoms with Gasteiger partial charge in [-0.1, -0.05) is 30.3 Å². The Kier molecular flexibility index (Phi) is 4.75. The largest absolute Gasteiger partial charge is 0.300 e. The summed E-state index contributed by atoms with van der Waals surface area (Å²) in [6, 6.07) is 10.8. The Morgan fingerprint density at radius 3 is 2.54 bits per heavy atom. The van der Waals surface area contributed by atoms with Crippen molar-refractivity contribution in [3.05, 3.63) is 46.5 Å². The molecule has 0 amide bonds. The SMILES string of the molecule is Cc1nn(CN(C2CC2)C2CCS(=O)(=O)C2)c(=S)n1Cc1ccccc1. The summed E-state index contributed by atoms with van der Waals surface area (Å²) in [4.78, 5) is 2.31. The van der Waals surface area contributed by atoms with Crippen molar-refractivity contribution >= 4 is 22.1 Å². The number of aromatic nitrogens is 3. The number of hydrogen-bond acceptors (Lipinski definition) is 5. The van der Waals surface area contributed by atoms with Gasteiger partial charge in [-0.15, -0.1) is 0 Å². The maximum Gasteiger partial charge on any atom is 0.199 e. The van der Waals surface area contributed by atoms with Gasteiger partial charge in [-0.05, 0) is 44.0 Å². The summed E-state index contributed by atoms with van der Waals surface area (Å²) in [6.45, 7) is 3.25. The zero-order valence-electron chi connectivity index (χ0n) is 14.9. The highest BCUT2D eigenvalue weighted by molar-refractivity contribution is 7.91. The predicted octanol–water partition coefficient (Wildman–Crippen LogP) is 2.38. The zero-order chi connectivity index (χ0) is 18.3. The van der Waals surface area contributed by atoms with Crippen molar-refractivity contribution in [2.75, 3.05) is 11.5 Å². The molecular weight excluding hydrogens is 368 g/mol. The summed E-state index contributed by atoms with van der Waals surface area (Å²) < 4.78 is 28.4. The maximum atomic E-state index is 11.9. The van der Waals surface area contributed by atoms with Crippen molar-refractivity contribution in [3.8, 4) is 0 Å². The number of sulfone groups is 1. The van der Waals surface area contributed by atoms with E-state index in [-0.39, 0.29) is 11.8 Å². The van der Waals surface area contributed by atoms with Gasteiger partial charge in [0.1, 0.15) is 5.82 Å². The minimum absolute atomic E-state index is 0.0916. The van der Waals surface area contributed by atoms with Gasteiger partial charge in [0, 0.05) is 12.1 Å². The fourth-order valence-electron chi connectivity index (χ4n) is 3.72. The van der Waals surface area contributed by atoms with E-state index in [1.807, 2.05) is 34.4 Å². The van der Waals surface area contributed by atoms with E-state index < -0.39 is 9.84 Å². The minimum atomic E-state index is -2.89. The van der Waals surface area contributed by atoms with E-state index >= 15 is 0 Å². The first kappa shape index (κ1) is 17.9. The van der Waals surface area contributed by atoms with Gasteiger partial charge in [0.25, 0.3) is 0 Å². The molecule has 1 unspecified atom stereocenters. The maximum absolute atomic E-state index is 11.9. The lowest BCUT2D eigenvalue weighted by Crippen LogP contribution is -2.39. The number of aryl methyl sites for hydroxylation is 1. The summed E-state index contributed by atoms with van der Waals surface area (Å²) in [5.41, 5.74) is 1.19. The van der Waals surface area contributed by atoms with Crippen LogP contribution in [0.15, 0.2) is 30.3 Å². The fraction of sp³-hybridized carbons (Fsp3) is 0.556. The monoisotopic (exact) mass is 392 g/mol. The molecule has 1 aliphatic carbocycles. The molecule has 2 fully saturated rings. The van der Waals surface area contributed by atoms with Crippen molar-refractivity contribution in [2.45, 2.75) is 51.5 Å². The van der Waals surface area contributed by atoms with Gasteiger partial charge in [-0.25, -0.2) is 13.1 Å². The van der Waals surface area contributed by atoms with E-state index in [2.05, 4.69) is 22.1 Å². The van der Waals surface area contributed by atoms with Gasteiger partial charge in [0.2, 0.25) is 0 Å². The molecule has 1 aliphatic heterocycles. The number of hydrogen-bond donors (Lipinski definition) is 0. The van der Waals surface area contributed by atoms with Crippen LogP contribution in [0.25, 0.3) is 0 Å². The normalized spacial score (nSPS) is 22.2. The molecule has 0 radical (unpaired) electrons. The molecule has 0 bridgehead atoms. The van der Waals surface area contributed by atoms with Gasteiger partial charge in [0.15, 0.2) is 14.6 Å². The van der Waals surface area contributed by atoms with Crippen LogP contribution in [0.4, 0.5) is 0 Å². The summed E-state index contributed by atoms with van der Waals surface area (Å²) in [5.74, 6) is 1.45. The standard InChI is InChI=1S/C18H24N4O2S2/c1-14-19-22(18(25)20(14)11-15-5-3-2-4-6-15)13-21(16-7-8-16)17-9-10-26(23,24)12-17/h2-6,16-17H,7-13H2,1H3. The van der Waals surface area contributed by atoms with Crippen molar-refractivity contribution < 1.29 is 8.42 Å². The third-order valence-corrected chi connectivity index (χ3v) is 7.46. The van der Waals surface area contributed by atoms with Crippen LogP contribution in [0.3, 0.4) is 0 Å². The zero-order valence-corrected chi connectivity index (χ0v) is 16.5. The third-order valence-electron chi connectivity index (χ3n) is 5.28. The second kappa shape index (κ2) is 6.90. The molecule has 1 saturated carbocycles. The molecule has 8 heteroatoms. The number of rotatable bonds is 6. The molecule has 0 N–H and O–H groups in total. The molecule has 6 nitrogen and oxygen atoms in total. The molecule has 0 spiro atoms. The second-order valence-electron chi connectivity index (χ2n) is 7.34. The van der Waals surface area contributed by atoms with Gasteiger partial charge >= 0.3 is 0 Å². The van der Waals surface area contributed by atoms with Crippen molar-refractivity contribution in [3.63, 3.8) is 0 Å². The Bertz CT molecular complexity index is 945. The molecule has 2 heterocycles. The number of nitrogens with zero attached hydrogens (tertiary/aromatic N) is 4. The van der Waals surface area contributed by atoms with Crippen LogP contribution in [-0.2, 0) is 23.1 Å². The number of benzene rings is 1. The van der Waals surface area contributed by atoms with Crippen LogP contribution in [0.2, 0.25) is 0 Å². The van der Waals surface area contributed by atoms with Crippen molar-refractivity contribution in [1.29, 1.82) is 0 Å². The summed E-state index contributed by atoms with van der Waals surface area (Å²) in [6.07, 6.45) is 2.98. The molecule has 2 aliphatic rings. The van der Waals surface area contributed by atoms with Crippen LogP contribution >= 0.6 is 12.2 Å². The van der Waals surface area contributed by atoms with Gasteiger partial charge in [-0.2, -0.15) is 5.10 Å². The van der Waals surface area contributed by atoms with E-state index in [4.69, 9.17) is 12.2 Å². The molecule has 1 aromatic carbocycles. The van der Waals surface area contributed by atoms with Gasteiger partial charge in [0.05, 0.1) is 24.7 Å². The van der Waals surface area contributed by atoms with E-state index in [1.165, 1.54) is 5.56 Å². The van der Waals surface area contributed by atoms with Gasteiger partial charge in [-0.3, -0.25) is 9.47 Å². The van der Waals surface area contributed by atoms with Crippen LogP contribution in [0, 0.1) is 11.7 Å². The van der Waals surface area contributed by atoms with E-state index in [9.17, 15) is 8.42 Å². The molecule has 140 valence electrons. The highest BCUT2D eigenvalue weighted by Gasteiger charge is 2.39. The lowest BCUT2D eigenvalue weighted by Gasteiger charge is -2.27. The fourth-order valence-corrected chi connectivity index (χ4v) is 5.75. The van der Waals surface area contributed by atoms with Crippen molar-refractivity contribution in [1.82, 2.24) is 19.2 Å². The molecule has 1 saturated heterocycles. The van der Waals surface area contributed by atoms with E-state index in [0.717, 1.165) is 25.1 Å². The Labute approximate surface area is 159 Å². The Morgan fingerprint density at radius 2 is 1.92 bits per heavy atom. The van der Waals surface area contributed by atoms with Crippen LogP contribution in [0.1, 0.15) is 30.7 Å². The van der Waals surface area contributed by atoms with E-state index in [0.29, 0.717) is 29.8 Å². The Morgan fingerprint density at radius 1 is 1.19 bits per heavy atom. The first-order valence-electron chi connectivity index (χ1n) is 9.07. The average Bonchev–Trinajstić information content (AvgIpc) is 3.34. The van der Waals surface area contributed by atoms with Crippen LogP contribution in [-0.4, -0.2) is 51.3 Å². The predicted molar refractivity (Wildman–Crippen MR) is 103 cm³/mol. The first-order valence-corrected chi connectivity index (χ1v) is 11.3. The summed E-state index contributed by atoms with van der Waals surface area (Å²) >= 11 is 5.68. The lowest BCUT2D eigenvalue weighted by atomic mass is 10.2. The summed E-state index contributed by atoms with van der Waals surface area (Å²) in [7, 11) is -2.89. The first-order chi connectivity index (χ1) is 12.4.